The van der Waals surface area contributed by atoms with E-state index in [0.717, 1.165) is 34.6 Å². The fourth-order valence-corrected chi connectivity index (χ4v) is 2.81. The summed E-state index contributed by atoms with van der Waals surface area (Å²) in [6, 6.07) is 12.3. The van der Waals surface area contributed by atoms with Gasteiger partial charge in [0, 0.05) is 30.4 Å². The summed E-state index contributed by atoms with van der Waals surface area (Å²) in [5, 5.41) is 5.53. The molecule has 0 fully saturated rings. The molecule has 0 aliphatic heterocycles. The predicted molar refractivity (Wildman–Crippen MR) is 93.0 cm³/mol. The van der Waals surface area contributed by atoms with E-state index in [2.05, 4.69) is 28.5 Å². The molecule has 0 atom stereocenters. The Morgan fingerprint density at radius 2 is 1.70 bits per heavy atom. The molecule has 0 saturated carbocycles. The van der Waals surface area contributed by atoms with Crippen molar-refractivity contribution in [3.05, 3.63) is 54.4 Å². The number of nitrogens with zero attached hydrogens (tertiary/aromatic N) is 1. The lowest BCUT2D eigenvalue weighted by Gasteiger charge is -2.13. The Morgan fingerprint density at radius 3 is 2.35 bits per heavy atom. The molecule has 4 heteroatoms. The standard InChI is InChI=1S/C19H20N2O2/c1-20-11-13-4-5-17(18-6-7-21-12-19(13)18)14-8-15(22-2)10-16(9-14)23-3/h4-10,12,20H,11H2,1-3H3. The first-order chi connectivity index (χ1) is 11.3. The van der Waals surface area contributed by atoms with Crippen molar-refractivity contribution in [1.29, 1.82) is 0 Å². The fraction of sp³-hybridized carbons (Fsp3) is 0.211. The van der Waals surface area contributed by atoms with Crippen LogP contribution >= 0.6 is 0 Å². The van der Waals surface area contributed by atoms with Gasteiger partial charge in [0.25, 0.3) is 0 Å². The van der Waals surface area contributed by atoms with E-state index in [9.17, 15) is 0 Å². The van der Waals surface area contributed by atoms with E-state index in [-0.39, 0.29) is 0 Å². The highest BCUT2D eigenvalue weighted by Gasteiger charge is 2.10. The van der Waals surface area contributed by atoms with Gasteiger partial charge in [0.2, 0.25) is 0 Å². The number of pyridine rings is 1. The van der Waals surface area contributed by atoms with Gasteiger partial charge in [-0.2, -0.15) is 0 Å². The maximum absolute atomic E-state index is 5.39. The molecule has 4 nitrogen and oxygen atoms in total. The molecule has 118 valence electrons. The molecule has 3 rings (SSSR count). The quantitative estimate of drug-likeness (QED) is 0.781. The van der Waals surface area contributed by atoms with E-state index >= 15 is 0 Å². The van der Waals surface area contributed by atoms with Crippen molar-refractivity contribution in [1.82, 2.24) is 10.3 Å². The number of aromatic nitrogens is 1. The molecular weight excluding hydrogens is 288 g/mol. The Balaban J connectivity index is 2.23. The number of methoxy groups -OCH3 is 2. The van der Waals surface area contributed by atoms with E-state index in [1.54, 1.807) is 14.2 Å². The summed E-state index contributed by atoms with van der Waals surface area (Å²) in [6.45, 7) is 0.809. The summed E-state index contributed by atoms with van der Waals surface area (Å²) in [5.41, 5.74) is 3.43. The Morgan fingerprint density at radius 1 is 0.957 bits per heavy atom. The second kappa shape index (κ2) is 6.67. The largest absolute Gasteiger partial charge is 0.497 e. The summed E-state index contributed by atoms with van der Waals surface area (Å²) >= 11 is 0. The number of rotatable bonds is 5. The van der Waals surface area contributed by atoms with Gasteiger partial charge >= 0.3 is 0 Å². The smallest absolute Gasteiger partial charge is 0.123 e. The van der Waals surface area contributed by atoms with Crippen LogP contribution in [0.15, 0.2) is 48.8 Å². The molecule has 2 aromatic carbocycles. The number of nitrogens with one attached hydrogen (secondary N) is 1. The zero-order valence-corrected chi connectivity index (χ0v) is 13.6. The van der Waals surface area contributed by atoms with Gasteiger partial charge in [-0.1, -0.05) is 12.1 Å². The van der Waals surface area contributed by atoms with Crippen LogP contribution in [0.25, 0.3) is 21.9 Å². The van der Waals surface area contributed by atoms with Gasteiger partial charge in [-0.15, -0.1) is 0 Å². The lowest BCUT2D eigenvalue weighted by atomic mass is 9.96. The van der Waals surface area contributed by atoms with E-state index in [4.69, 9.17) is 9.47 Å². The molecule has 1 N–H and O–H groups in total. The van der Waals surface area contributed by atoms with Gasteiger partial charge < -0.3 is 14.8 Å². The van der Waals surface area contributed by atoms with Gasteiger partial charge in [-0.05, 0) is 47.3 Å². The van der Waals surface area contributed by atoms with Gasteiger partial charge in [0.15, 0.2) is 0 Å². The van der Waals surface area contributed by atoms with Gasteiger partial charge in [-0.25, -0.2) is 0 Å². The zero-order chi connectivity index (χ0) is 16.2. The first-order valence-corrected chi connectivity index (χ1v) is 7.50. The van der Waals surface area contributed by atoms with Gasteiger partial charge in [0.1, 0.15) is 11.5 Å². The zero-order valence-electron chi connectivity index (χ0n) is 13.6. The molecule has 0 bridgehead atoms. The highest BCUT2D eigenvalue weighted by molar-refractivity contribution is 5.98. The number of benzene rings is 2. The van der Waals surface area contributed by atoms with E-state index < -0.39 is 0 Å². The molecule has 0 amide bonds. The highest BCUT2D eigenvalue weighted by Crippen LogP contribution is 2.35. The van der Waals surface area contributed by atoms with Crippen LogP contribution in [0.1, 0.15) is 5.56 Å². The van der Waals surface area contributed by atoms with Crippen LogP contribution < -0.4 is 14.8 Å². The molecule has 0 saturated heterocycles. The van der Waals surface area contributed by atoms with Crippen molar-refractivity contribution in [2.24, 2.45) is 0 Å². The average molecular weight is 308 g/mol. The normalized spacial score (nSPS) is 10.7. The molecule has 0 radical (unpaired) electrons. The average Bonchev–Trinajstić information content (AvgIpc) is 2.61. The highest BCUT2D eigenvalue weighted by atomic mass is 16.5. The summed E-state index contributed by atoms with van der Waals surface area (Å²) in [4.78, 5) is 4.28. The van der Waals surface area contributed by atoms with Crippen LogP contribution in [0.2, 0.25) is 0 Å². The minimum atomic E-state index is 0.779. The van der Waals surface area contributed by atoms with Crippen molar-refractivity contribution in [3.8, 4) is 22.6 Å². The molecule has 1 aromatic heterocycles. The van der Waals surface area contributed by atoms with E-state index in [0.29, 0.717) is 0 Å². The van der Waals surface area contributed by atoms with Crippen LogP contribution in [0.3, 0.4) is 0 Å². The Hall–Kier alpha value is -2.59. The lowest BCUT2D eigenvalue weighted by molar-refractivity contribution is 0.394. The van der Waals surface area contributed by atoms with Crippen molar-refractivity contribution in [2.45, 2.75) is 6.54 Å². The Labute approximate surface area is 136 Å². The third kappa shape index (κ3) is 2.98. The molecule has 0 aliphatic rings. The lowest BCUT2D eigenvalue weighted by Crippen LogP contribution is -2.05. The maximum Gasteiger partial charge on any atom is 0.123 e. The first kappa shape index (κ1) is 15.3. The molecule has 0 spiro atoms. The van der Waals surface area contributed by atoms with E-state index in [1.807, 2.05) is 37.6 Å². The number of hydrogen-bond donors (Lipinski definition) is 1. The Bertz CT molecular complexity index is 808. The van der Waals surface area contributed by atoms with Crippen molar-refractivity contribution >= 4 is 10.8 Å². The molecule has 0 unspecified atom stereocenters. The SMILES string of the molecule is CNCc1ccc(-c2cc(OC)cc(OC)c2)c2ccncc12. The van der Waals surface area contributed by atoms with Crippen LogP contribution in [0, 0.1) is 0 Å². The fourth-order valence-electron chi connectivity index (χ4n) is 2.81. The molecule has 3 aromatic rings. The summed E-state index contributed by atoms with van der Waals surface area (Å²) in [5.74, 6) is 1.56. The second-order valence-electron chi connectivity index (χ2n) is 5.33. The topological polar surface area (TPSA) is 43.4 Å². The molecular formula is C19H20N2O2. The summed E-state index contributed by atoms with van der Waals surface area (Å²) < 4.78 is 10.8. The maximum atomic E-state index is 5.39. The summed E-state index contributed by atoms with van der Waals surface area (Å²) in [6.07, 6.45) is 3.75. The molecule has 1 heterocycles. The van der Waals surface area contributed by atoms with Crippen molar-refractivity contribution < 1.29 is 9.47 Å². The third-order valence-electron chi connectivity index (χ3n) is 3.94. The first-order valence-electron chi connectivity index (χ1n) is 7.50. The Kier molecular flexibility index (Phi) is 4.44. The van der Waals surface area contributed by atoms with Gasteiger partial charge in [-0.3, -0.25) is 4.98 Å². The summed E-state index contributed by atoms with van der Waals surface area (Å²) in [7, 11) is 5.27. The van der Waals surface area contributed by atoms with Crippen LogP contribution in [-0.2, 0) is 6.54 Å². The second-order valence-corrected chi connectivity index (χ2v) is 5.33. The van der Waals surface area contributed by atoms with E-state index in [1.165, 1.54) is 10.9 Å². The third-order valence-corrected chi connectivity index (χ3v) is 3.94. The predicted octanol–water partition coefficient (Wildman–Crippen LogP) is 3.64. The van der Waals surface area contributed by atoms with Crippen molar-refractivity contribution in [2.75, 3.05) is 21.3 Å². The number of fused-ring (bicyclic) bond motifs is 1. The minimum Gasteiger partial charge on any atom is -0.497 e. The number of hydrogen-bond acceptors (Lipinski definition) is 4. The molecule has 0 aliphatic carbocycles. The monoisotopic (exact) mass is 308 g/mol. The minimum absolute atomic E-state index is 0.779. The van der Waals surface area contributed by atoms with Crippen molar-refractivity contribution in [3.63, 3.8) is 0 Å². The van der Waals surface area contributed by atoms with Crippen LogP contribution in [-0.4, -0.2) is 26.3 Å². The van der Waals surface area contributed by atoms with Gasteiger partial charge in [0.05, 0.1) is 14.2 Å². The van der Waals surface area contributed by atoms with Crippen LogP contribution in [0.4, 0.5) is 0 Å². The van der Waals surface area contributed by atoms with Crippen LogP contribution in [0.5, 0.6) is 11.5 Å². The molecule has 23 heavy (non-hydrogen) atoms. The number of ether oxygens (including phenoxy) is 2.